The third-order valence-electron chi connectivity index (χ3n) is 4.79. The van der Waals surface area contributed by atoms with Crippen molar-refractivity contribution in [1.29, 1.82) is 0 Å². The Balaban J connectivity index is 1.86. The first-order valence-electron chi connectivity index (χ1n) is 8.89. The van der Waals surface area contributed by atoms with Gasteiger partial charge in [0, 0.05) is 23.8 Å². The molecule has 3 aromatic rings. The number of sulfone groups is 1. The van der Waals surface area contributed by atoms with Crippen molar-refractivity contribution in [2.24, 2.45) is 0 Å². The van der Waals surface area contributed by atoms with Gasteiger partial charge in [0.1, 0.15) is 17.3 Å². The summed E-state index contributed by atoms with van der Waals surface area (Å²) in [5, 5.41) is 0. The van der Waals surface area contributed by atoms with Crippen LogP contribution in [0.4, 0.5) is 0 Å². The highest BCUT2D eigenvalue weighted by Gasteiger charge is 2.22. The van der Waals surface area contributed by atoms with Crippen molar-refractivity contribution in [3.05, 3.63) is 89.5 Å². The molecule has 28 heavy (non-hydrogen) atoms. The van der Waals surface area contributed by atoms with Gasteiger partial charge in [0.2, 0.25) is 0 Å². The highest BCUT2D eigenvalue weighted by atomic mass is 32.2. The van der Waals surface area contributed by atoms with Crippen LogP contribution in [-0.2, 0) is 16.3 Å². The number of hydrogen-bond donors (Lipinski definition) is 0. The van der Waals surface area contributed by atoms with Crippen LogP contribution in [0.5, 0.6) is 11.5 Å². The van der Waals surface area contributed by atoms with E-state index in [1.54, 1.807) is 31.4 Å². The van der Waals surface area contributed by atoms with Crippen LogP contribution in [0.1, 0.15) is 16.7 Å². The van der Waals surface area contributed by atoms with E-state index in [1.807, 2.05) is 42.5 Å². The van der Waals surface area contributed by atoms with E-state index in [1.165, 1.54) is 6.26 Å². The standard InChI is InChI=1S/C23H20O4S/c1-26-19-8-5-7-17(14-19)21-15-18-6-3-4-9-22(18)27-23(21)16-10-12-20(13-11-16)28(2,24)25/h3-14H,15H2,1-2H3. The second-order valence-corrected chi connectivity index (χ2v) is 8.74. The van der Waals surface area contributed by atoms with Gasteiger partial charge in [-0.3, -0.25) is 0 Å². The number of fused-ring (bicyclic) bond motifs is 1. The van der Waals surface area contributed by atoms with Crippen LogP contribution in [0, 0.1) is 0 Å². The van der Waals surface area contributed by atoms with E-state index in [9.17, 15) is 8.42 Å². The minimum atomic E-state index is -3.25. The molecule has 3 aromatic carbocycles. The molecule has 0 amide bonds. The van der Waals surface area contributed by atoms with Gasteiger partial charge in [-0.2, -0.15) is 0 Å². The van der Waals surface area contributed by atoms with E-state index in [-0.39, 0.29) is 4.90 Å². The molecule has 0 aromatic heterocycles. The molecule has 0 N–H and O–H groups in total. The Bertz CT molecular complexity index is 1160. The average molecular weight is 392 g/mol. The van der Waals surface area contributed by atoms with Gasteiger partial charge in [-0.1, -0.05) is 30.3 Å². The summed E-state index contributed by atoms with van der Waals surface area (Å²) in [5.74, 6) is 2.32. The van der Waals surface area contributed by atoms with Gasteiger partial charge in [-0.15, -0.1) is 0 Å². The molecule has 1 aliphatic rings. The zero-order chi connectivity index (χ0) is 19.7. The molecule has 5 heteroatoms. The summed E-state index contributed by atoms with van der Waals surface area (Å²) in [4.78, 5) is 0.288. The number of hydrogen-bond acceptors (Lipinski definition) is 4. The summed E-state index contributed by atoms with van der Waals surface area (Å²) in [5.41, 5.74) is 3.98. The molecule has 0 bridgehead atoms. The molecule has 1 aliphatic heterocycles. The van der Waals surface area contributed by atoms with Crippen molar-refractivity contribution in [3.63, 3.8) is 0 Å². The molecule has 4 nitrogen and oxygen atoms in total. The molecular weight excluding hydrogens is 372 g/mol. The van der Waals surface area contributed by atoms with Crippen LogP contribution in [-0.4, -0.2) is 21.8 Å². The second kappa shape index (κ2) is 7.17. The summed E-state index contributed by atoms with van der Waals surface area (Å²) in [7, 11) is -1.60. The quantitative estimate of drug-likeness (QED) is 0.651. The van der Waals surface area contributed by atoms with Gasteiger partial charge >= 0.3 is 0 Å². The molecule has 1 heterocycles. The normalized spacial score (nSPS) is 13.6. The summed E-state index contributed by atoms with van der Waals surface area (Å²) in [6.45, 7) is 0. The number of rotatable bonds is 4. The first-order valence-corrected chi connectivity index (χ1v) is 10.8. The van der Waals surface area contributed by atoms with Crippen LogP contribution >= 0.6 is 0 Å². The Morgan fingerprint density at radius 2 is 1.64 bits per heavy atom. The highest BCUT2D eigenvalue weighted by Crippen LogP contribution is 2.39. The largest absolute Gasteiger partial charge is 0.497 e. The van der Waals surface area contributed by atoms with Crippen LogP contribution in [0.15, 0.2) is 77.7 Å². The Morgan fingerprint density at radius 1 is 0.893 bits per heavy atom. The van der Waals surface area contributed by atoms with Crippen molar-refractivity contribution >= 4 is 21.2 Å². The monoisotopic (exact) mass is 392 g/mol. The lowest BCUT2D eigenvalue weighted by molar-refractivity contribution is 0.414. The van der Waals surface area contributed by atoms with E-state index >= 15 is 0 Å². The van der Waals surface area contributed by atoms with Crippen molar-refractivity contribution in [1.82, 2.24) is 0 Å². The summed E-state index contributed by atoms with van der Waals surface area (Å²) < 4.78 is 35.2. The first-order chi connectivity index (χ1) is 13.5. The van der Waals surface area contributed by atoms with E-state index in [0.717, 1.165) is 39.5 Å². The van der Waals surface area contributed by atoms with Crippen molar-refractivity contribution < 1.29 is 17.9 Å². The molecular formula is C23H20O4S. The summed E-state index contributed by atoms with van der Waals surface area (Å²) >= 11 is 0. The lowest BCUT2D eigenvalue weighted by atomic mass is 9.92. The number of benzene rings is 3. The van der Waals surface area contributed by atoms with Gasteiger partial charge in [0.25, 0.3) is 0 Å². The number of methoxy groups -OCH3 is 1. The number of ether oxygens (including phenoxy) is 2. The van der Waals surface area contributed by atoms with E-state index in [0.29, 0.717) is 6.42 Å². The molecule has 0 aliphatic carbocycles. The summed E-state index contributed by atoms with van der Waals surface area (Å²) in [6, 6.07) is 22.6. The van der Waals surface area contributed by atoms with Crippen molar-refractivity contribution in [3.8, 4) is 11.5 Å². The molecule has 0 unspecified atom stereocenters. The van der Waals surface area contributed by atoms with E-state index in [2.05, 4.69) is 6.07 Å². The Morgan fingerprint density at radius 3 is 2.36 bits per heavy atom. The lowest BCUT2D eigenvalue weighted by Gasteiger charge is -2.24. The predicted octanol–water partition coefficient (Wildman–Crippen LogP) is 4.60. The van der Waals surface area contributed by atoms with Crippen LogP contribution < -0.4 is 9.47 Å². The molecule has 142 valence electrons. The van der Waals surface area contributed by atoms with Crippen molar-refractivity contribution in [2.75, 3.05) is 13.4 Å². The Kier molecular flexibility index (Phi) is 4.69. The smallest absolute Gasteiger partial charge is 0.175 e. The molecule has 4 rings (SSSR count). The third kappa shape index (κ3) is 3.53. The molecule has 0 radical (unpaired) electrons. The van der Waals surface area contributed by atoms with Gasteiger partial charge < -0.3 is 9.47 Å². The molecule has 0 saturated carbocycles. The minimum Gasteiger partial charge on any atom is -0.497 e. The van der Waals surface area contributed by atoms with Gasteiger partial charge in [-0.25, -0.2) is 8.42 Å². The van der Waals surface area contributed by atoms with E-state index in [4.69, 9.17) is 9.47 Å². The van der Waals surface area contributed by atoms with Crippen molar-refractivity contribution in [2.45, 2.75) is 11.3 Å². The van der Waals surface area contributed by atoms with Gasteiger partial charge in [0.05, 0.1) is 12.0 Å². The van der Waals surface area contributed by atoms with Crippen LogP contribution in [0.3, 0.4) is 0 Å². The highest BCUT2D eigenvalue weighted by molar-refractivity contribution is 7.90. The summed E-state index contributed by atoms with van der Waals surface area (Å²) in [6.07, 6.45) is 1.92. The van der Waals surface area contributed by atoms with Crippen LogP contribution in [0.2, 0.25) is 0 Å². The van der Waals surface area contributed by atoms with Gasteiger partial charge in [0.15, 0.2) is 9.84 Å². The SMILES string of the molecule is COc1cccc(C2=C(c3ccc(S(C)(=O)=O)cc3)Oc3ccccc3C2)c1. The maximum absolute atomic E-state index is 11.8. The molecule has 0 spiro atoms. The second-order valence-electron chi connectivity index (χ2n) is 6.72. The molecule has 0 saturated heterocycles. The molecule has 0 atom stereocenters. The maximum atomic E-state index is 11.8. The average Bonchev–Trinajstić information content (AvgIpc) is 2.72. The minimum absolute atomic E-state index is 0.288. The zero-order valence-electron chi connectivity index (χ0n) is 15.7. The maximum Gasteiger partial charge on any atom is 0.175 e. The lowest BCUT2D eigenvalue weighted by Crippen LogP contribution is -2.09. The van der Waals surface area contributed by atoms with Crippen LogP contribution in [0.25, 0.3) is 11.3 Å². The Labute approximate surface area is 165 Å². The fourth-order valence-electron chi connectivity index (χ4n) is 3.32. The first kappa shape index (κ1) is 18.3. The predicted molar refractivity (Wildman–Crippen MR) is 110 cm³/mol. The van der Waals surface area contributed by atoms with Gasteiger partial charge in [-0.05, 0) is 53.6 Å². The van der Waals surface area contributed by atoms with E-state index < -0.39 is 9.84 Å². The fraction of sp³-hybridized carbons (Fsp3) is 0.130. The number of para-hydroxylation sites is 1. The zero-order valence-corrected chi connectivity index (χ0v) is 16.5. The number of allylic oxidation sites excluding steroid dienone is 1. The molecule has 0 fully saturated rings. The fourth-order valence-corrected chi connectivity index (χ4v) is 3.95. The topological polar surface area (TPSA) is 52.6 Å². The third-order valence-corrected chi connectivity index (χ3v) is 5.92. The Hall–Kier alpha value is -3.05.